The second-order valence-corrected chi connectivity index (χ2v) is 4.11. The molecule has 0 unspecified atom stereocenters. The summed E-state index contributed by atoms with van der Waals surface area (Å²) in [5.74, 6) is 1.35. The first-order chi connectivity index (χ1) is 5.77. The van der Waals surface area contributed by atoms with E-state index in [0.717, 1.165) is 0 Å². The lowest BCUT2D eigenvalue weighted by Gasteiger charge is -2.10. The first kappa shape index (κ1) is 6.58. The van der Waals surface area contributed by atoms with Crippen molar-refractivity contribution in [3.05, 3.63) is 12.2 Å². The summed E-state index contributed by atoms with van der Waals surface area (Å²) < 4.78 is 0. The molecular weight excluding hydrogens is 152 g/mol. The molecule has 3 aliphatic rings. The van der Waals surface area contributed by atoms with Gasteiger partial charge in [0.1, 0.15) is 11.6 Å². The minimum absolute atomic E-state index is 0.196. The summed E-state index contributed by atoms with van der Waals surface area (Å²) in [5, 5.41) is 0. The Morgan fingerprint density at radius 2 is 1.50 bits per heavy atom. The van der Waals surface area contributed by atoms with Crippen LogP contribution in [0.5, 0.6) is 0 Å². The zero-order valence-corrected chi connectivity index (χ0v) is 6.69. The highest BCUT2D eigenvalue weighted by Crippen LogP contribution is 2.51. The molecule has 0 aromatic rings. The summed E-state index contributed by atoms with van der Waals surface area (Å²) in [6, 6.07) is 0. The van der Waals surface area contributed by atoms with Gasteiger partial charge < -0.3 is 0 Å². The van der Waals surface area contributed by atoms with Crippen molar-refractivity contribution in [2.75, 3.05) is 0 Å². The average Bonchev–Trinajstić information content (AvgIpc) is 2.57. The number of Topliss-reactive ketones (excluding diaryl/α,β-unsaturated/α-hetero) is 2. The minimum Gasteiger partial charge on any atom is -0.299 e. The van der Waals surface area contributed by atoms with E-state index >= 15 is 0 Å². The maximum Gasteiger partial charge on any atom is 0.144 e. The standard InChI is InChI=1S/C10H10O2/c11-7-3-5-1-2-6-4-8(12)10(7)9(5)6/h1-2,5-6,9-10H,3-4H2/t5-,6-,9?,10?/m1/s1. The van der Waals surface area contributed by atoms with Crippen LogP contribution in [0.3, 0.4) is 0 Å². The Morgan fingerprint density at radius 1 is 1.00 bits per heavy atom. The van der Waals surface area contributed by atoms with Gasteiger partial charge in [0, 0.05) is 12.8 Å². The lowest BCUT2D eigenvalue weighted by atomic mass is 9.91. The van der Waals surface area contributed by atoms with Crippen LogP contribution in [0.2, 0.25) is 0 Å². The smallest absolute Gasteiger partial charge is 0.144 e. The molecule has 2 atom stereocenters. The largest absolute Gasteiger partial charge is 0.299 e. The Balaban J connectivity index is 2.10. The molecule has 2 fully saturated rings. The number of carbonyl (C=O) groups excluding carboxylic acids is 2. The average molecular weight is 162 g/mol. The molecule has 0 saturated heterocycles. The van der Waals surface area contributed by atoms with Crippen LogP contribution in [0.4, 0.5) is 0 Å². The molecule has 2 saturated carbocycles. The van der Waals surface area contributed by atoms with E-state index in [1.165, 1.54) is 0 Å². The number of hydrogen-bond donors (Lipinski definition) is 0. The Bertz CT molecular complexity index is 275. The van der Waals surface area contributed by atoms with Gasteiger partial charge in [-0.15, -0.1) is 0 Å². The zero-order valence-electron chi connectivity index (χ0n) is 6.69. The van der Waals surface area contributed by atoms with Crippen LogP contribution < -0.4 is 0 Å². The van der Waals surface area contributed by atoms with E-state index < -0.39 is 0 Å². The van der Waals surface area contributed by atoms with E-state index in [0.29, 0.717) is 30.6 Å². The zero-order chi connectivity index (χ0) is 8.29. The maximum absolute atomic E-state index is 11.4. The monoisotopic (exact) mass is 162 g/mol. The molecule has 2 nitrogen and oxygen atoms in total. The molecule has 0 radical (unpaired) electrons. The van der Waals surface area contributed by atoms with Crippen molar-refractivity contribution >= 4 is 11.6 Å². The molecule has 0 heterocycles. The maximum atomic E-state index is 11.4. The third-order valence-corrected chi connectivity index (χ3v) is 3.55. The third-order valence-electron chi connectivity index (χ3n) is 3.55. The lowest BCUT2D eigenvalue weighted by Crippen LogP contribution is -2.17. The third kappa shape index (κ3) is 0.576. The van der Waals surface area contributed by atoms with E-state index in [-0.39, 0.29) is 17.5 Å². The van der Waals surface area contributed by atoms with Gasteiger partial charge in [-0.1, -0.05) is 12.2 Å². The Hall–Kier alpha value is -0.920. The molecular formula is C10H10O2. The molecule has 3 rings (SSSR count). The number of ketones is 2. The summed E-state index contributed by atoms with van der Waals surface area (Å²) in [5.41, 5.74) is 0. The highest BCUT2D eigenvalue weighted by atomic mass is 16.2. The molecule has 0 aromatic heterocycles. The van der Waals surface area contributed by atoms with Crippen molar-refractivity contribution in [3.63, 3.8) is 0 Å². The van der Waals surface area contributed by atoms with Gasteiger partial charge in [0.25, 0.3) is 0 Å². The normalized spacial score (nSPS) is 49.0. The molecule has 0 amide bonds. The van der Waals surface area contributed by atoms with Crippen molar-refractivity contribution < 1.29 is 9.59 Å². The molecule has 0 aliphatic heterocycles. The molecule has 0 N–H and O–H groups in total. The van der Waals surface area contributed by atoms with Crippen molar-refractivity contribution in [1.82, 2.24) is 0 Å². The Kier molecular flexibility index (Phi) is 1.03. The van der Waals surface area contributed by atoms with Gasteiger partial charge in [0.2, 0.25) is 0 Å². The fourth-order valence-corrected chi connectivity index (χ4v) is 3.09. The number of hydrogen-bond acceptors (Lipinski definition) is 2. The minimum atomic E-state index is -0.213. The molecule has 0 spiro atoms. The van der Waals surface area contributed by atoms with E-state index in [1.807, 2.05) is 0 Å². The van der Waals surface area contributed by atoms with E-state index in [4.69, 9.17) is 0 Å². The lowest BCUT2D eigenvalue weighted by molar-refractivity contribution is -0.129. The quantitative estimate of drug-likeness (QED) is 0.393. The first-order valence-corrected chi connectivity index (χ1v) is 4.51. The van der Waals surface area contributed by atoms with Gasteiger partial charge >= 0.3 is 0 Å². The Labute approximate surface area is 70.6 Å². The van der Waals surface area contributed by atoms with E-state index in [2.05, 4.69) is 12.2 Å². The molecule has 12 heavy (non-hydrogen) atoms. The van der Waals surface area contributed by atoms with Crippen LogP contribution in [0.25, 0.3) is 0 Å². The van der Waals surface area contributed by atoms with Crippen LogP contribution in [-0.4, -0.2) is 11.6 Å². The van der Waals surface area contributed by atoms with Gasteiger partial charge in [0.05, 0.1) is 5.92 Å². The van der Waals surface area contributed by atoms with Crippen LogP contribution in [0, 0.1) is 23.7 Å². The summed E-state index contributed by atoms with van der Waals surface area (Å²) in [6.07, 6.45) is 5.52. The van der Waals surface area contributed by atoms with Crippen molar-refractivity contribution in [2.24, 2.45) is 23.7 Å². The highest BCUT2D eigenvalue weighted by molar-refractivity contribution is 6.06. The molecule has 2 heteroatoms. The van der Waals surface area contributed by atoms with Gasteiger partial charge in [0.15, 0.2) is 0 Å². The fraction of sp³-hybridized carbons (Fsp3) is 0.600. The molecule has 0 aromatic carbocycles. The predicted octanol–water partition coefficient (Wildman–Crippen LogP) is 0.967. The molecule has 3 aliphatic carbocycles. The second kappa shape index (κ2) is 1.87. The van der Waals surface area contributed by atoms with Crippen molar-refractivity contribution in [1.29, 1.82) is 0 Å². The molecule has 62 valence electrons. The topological polar surface area (TPSA) is 34.1 Å². The van der Waals surface area contributed by atoms with Crippen LogP contribution in [-0.2, 0) is 9.59 Å². The van der Waals surface area contributed by atoms with Gasteiger partial charge in [-0.3, -0.25) is 9.59 Å². The molecule has 0 bridgehead atoms. The van der Waals surface area contributed by atoms with Crippen LogP contribution in [0.15, 0.2) is 12.2 Å². The fourth-order valence-electron chi connectivity index (χ4n) is 3.09. The van der Waals surface area contributed by atoms with Crippen molar-refractivity contribution in [3.8, 4) is 0 Å². The summed E-state index contributed by atoms with van der Waals surface area (Å²) in [4.78, 5) is 22.8. The SMILES string of the molecule is O=C1C[C@H]2C=C[C@@H]3CC(=O)C1C23. The summed E-state index contributed by atoms with van der Waals surface area (Å²) >= 11 is 0. The second-order valence-electron chi connectivity index (χ2n) is 4.11. The van der Waals surface area contributed by atoms with E-state index in [1.54, 1.807) is 0 Å². The summed E-state index contributed by atoms with van der Waals surface area (Å²) in [7, 11) is 0. The van der Waals surface area contributed by atoms with Crippen molar-refractivity contribution in [2.45, 2.75) is 12.8 Å². The van der Waals surface area contributed by atoms with E-state index in [9.17, 15) is 9.59 Å². The predicted molar refractivity (Wildman–Crippen MR) is 42.3 cm³/mol. The van der Waals surface area contributed by atoms with Gasteiger partial charge in [-0.25, -0.2) is 0 Å². The first-order valence-electron chi connectivity index (χ1n) is 4.51. The summed E-state index contributed by atoms with van der Waals surface area (Å²) in [6.45, 7) is 0. The number of rotatable bonds is 0. The highest BCUT2D eigenvalue weighted by Gasteiger charge is 2.55. The Morgan fingerprint density at radius 3 is 2.00 bits per heavy atom. The van der Waals surface area contributed by atoms with Gasteiger partial charge in [-0.2, -0.15) is 0 Å². The number of allylic oxidation sites excluding steroid dienone is 2. The van der Waals surface area contributed by atoms with Crippen LogP contribution in [0.1, 0.15) is 12.8 Å². The van der Waals surface area contributed by atoms with Gasteiger partial charge in [-0.05, 0) is 17.8 Å². The number of carbonyl (C=O) groups is 2. The van der Waals surface area contributed by atoms with Crippen LogP contribution >= 0.6 is 0 Å².